The first-order valence-electron chi connectivity index (χ1n) is 10.2. The largest absolute Gasteiger partial charge is 0.496 e. The summed E-state index contributed by atoms with van der Waals surface area (Å²) in [6.07, 6.45) is 0. The average Bonchev–Trinajstić information content (AvgIpc) is 3.07. The van der Waals surface area contributed by atoms with Crippen molar-refractivity contribution in [1.82, 2.24) is 0 Å². The van der Waals surface area contributed by atoms with Gasteiger partial charge in [-0.25, -0.2) is 4.99 Å². The first-order chi connectivity index (χ1) is 15.2. The highest BCUT2D eigenvalue weighted by molar-refractivity contribution is 6.00. The first-order valence-corrected chi connectivity index (χ1v) is 10.2. The summed E-state index contributed by atoms with van der Waals surface area (Å²) >= 11 is 0. The average molecular weight is 432 g/mol. The van der Waals surface area contributed by atoms with Crippen LogP contribution in [0.2, 0.25) is 0 Å². The minimum Gasteiger partial charge on any atom is -0.496 e. The number of methoxy groups -OCH3 is 1. The monoisotopic (exact) mass is 432 g/mol. The molecule has 1 atom stereocenters. The van der Waals surface area contributed by atoms with Gasteiger partial charge in [0, 0.05) is 17.7 Å². The fourth-order valence-electron chi connectivity index (χ4n) is 3.64. The van der Waals surface area contributed by atoms with Crippen molar-refractivity contribution >= 4 is 11.6 Å². The van der Waals surface area contributed by atoms with Crippen LogP contribution in [-0.4, -0.2) is 23.5 Å². The maximum Gasteiger partial charge on any atom is 0.311 e. The van der Waals surface area contributed by atoms with Crippen LogP contribution in [0.5, 0.6) is 11.5 Å². The van der Waals surface area contributed by atoms with Crippen LogP contribution < -0.4 is 9.47 Å². The molecule has 4 rings (SSSR count). The van der Waals surface area contributed by atoms with Gasteiger partial charge in [0.25, 0.3) is 5.69 Å². The van der Waals surface area contributed by atoms with Gasteiger partial charge < -0.3 is 14.2 Å². The zero-order chi connectivity index (χ0) is 22.9. The van der Waals surface area contributed by atoms with Crippen molar-refractivity contribution in [2.24, 2.45) is 4.99 Å². The Balaban J connectivity index is 1.99. The number of rotatable bonds is 5. The van der Waals surface area contributed by atoms with E-state index in [0.29, 0.717) is 28.5 Å². The van der Waals surface area contributed by atoms with Crippen molar-refractivity contribution in [3.63, 3.8) is 0 Å². The summed E-state index contributed by atoms with van der Waals surface area (Å²) in [5, 5.41) is 11.2. The molecular formula is C25H24N2O5. The van der Waals surface area contributed by atoms with Crippen molar-refractivity contribution in [2.75, 3.05) is 7.11 Å². The number of hydrogen-bond donors (Lipinski definition) is 0. The van der Waals surface area contributed by atoms with E-state index in [1.54, 1.807) is 19.2 Å². The van der Waals surface area contributed by atoms with Crippen LogP contribution in [0, 0.1) is 10.1 Å². The summed E-state index contributed by atoms with van der Waals surface area (Å²) in [5.74, 6) is 0.110. The lowest BCUT2D eigenvalue weighted by Crippen LogP contribution is -2.35. The second-order valence-electron chi connectivity index (χ2n) is 8.41. The molecule has 3 aromatic rings. The van der Waals surface area contributed by atoms with Crippen LogP contribution in [0.15, 0.2) is 77.8 Å². The predicted molar refractivity (Wildman–Crippen MR) is 121 cm³/mol. The highest BCUT2D eigenvalue weighted by atomic mass is 16.7. The molecular weight excluding hydrogens is 408 g/mol. The van der Waals surface area contributed by atoms with E-state index >= 15 is 0 Å². The SMILES string of the molecule is COc1cccc2c1C(Oc1ccccc1)(c1ccc([N+](=O)[O-])cc1)OC2=NC(C)(C)C. The number of benzene rings is 3. The minimum atomic E-state index is -1.44. The Labute approximate surface area is 186 Å². The highest BCUT2D eigenvalue weighted by Gasteiger charge is 2.51. The van der Waals surface area contributed by atoms with Crippen molar-refractivity contribution in [2.45, 2.75) is 32.1 Å². The molecule has 7 nitrogen and oxygen atoms in total. The van der Waals surface area contributed by atoms with E-state index in [1.807, 2.05) is 69.3 Å². The summed E-state index contributed by atoms with van der Waals surface area (Å²) in [5.41, 5.74) is 1.55. The Bertz CT molecular complexity index is 1170. The van der Waals surface area contributed by atoms with Gasteiger partial charge in [0.2, 0.25) is 5.90 Å². The van der Waals surface area contributed by atoms with Gasteiger partial charge in [0.1, 0.15) is 11.5 Å². The van der Waals surface area contributed by atoms with E-state index < -0.39 is 16.2 Å². The number of fused-ring (bicyclic) bond motifs is 1. The van der Waals surface area contributed by atoms with Gasteiger partial charge in [0.15, 0.2) is 0 Å². The molecule has 0 saturated carbocycles. The molecule has 0 saturated heterocycles. The fourth-order valence-corrected chi connectivity index (χ4v) is 3.64. The van der Waals surface area contributed by atoms with Crippen molar-refractivity contribution in [3.05, 3.63) is 99.6 Å². The van der Waals surface area contributed by atoms with Crippen molar-refractivity contribution < 1.29 is 19.1 Å². The van der Waals surface area contributed by atoms with Crippen molar-refractivity contribution in [1.29, 1.82) is 0 Å². The Morgan fingerprint density at radius 3 is 2.25 bits per heavy atom. The number of nitro groups is 1. The normalized spacial score (nSPS) is 18.7. The van der Waals surface area contributed by atoms with E-state index in [-0.39, 0.29) is 5.69 Å². The molecule has 0 aromatic heterocycles. The third-order valence-corrected chi connectivity index (χ3v) is 4.95. The number of nitro benzene ring substituents is 1. The molecule has 1 heterocycles. The number of para-hydroxylation sites is 1. The topological polar surface area (TPSA) is 83.2 Å². The minimum absolute atomic E-state index is 0.0227. The van der Waals surface area contributed by atoms with Crippen LogP contribution in [0.4, 0.5) is 5.69 Å². The van der Waals surface area contributed by atoms with Gasteiger partial charge in [0.05, 0.1) is 28.7 Å². The molecule has 0 aliphatic carbocycles. The summed E-state index contributed by atoms with van der Waals surface area (Å²) in [6.45, 7) is 5.94. The lowest BCUT2D eigenvalue weighted by Gasteiger charge is -2.31. The zero-order valence-corrected chi connectivity index (χ0v) is 18.4. The Kier molecular flexibility index (Phi) is 5.34. The van der Waals surface area contributed by atoms with Crippen LogP contribution in [-0.2, 0) is 10.5 Å². The van der Waals surface area contributed by atoms with Gasteiger partial charge in [-0.1, -0.05) is 24.3 Å². The molecule has 0 radical (unpaired) electrons. The molecule has 1 unspecified atom stereocenters. The standard InChI is InChI=1S/C25H24N2O5/c1-24(2,3)26-23-20-11-8-12-21(30-4)22(20)25(32-23,31-19-9-6-5-7-10-19)17-13-15-18(16-14-17)27(28)29/h5-16H,1-4H3. The van der Waals surface area contributed by atoms with E-state index in [4.69, 9.17) is 19.2 Å². The van der Waals surface area contributed by atoms with Gasteiger partial charge in [-0.15, -0.1) is 0 Å². The number of non-ortho nitro benzene ring substituents is 1. The molecule has 0 N–H and O–H groups in total. The summed E-state index contributed by atoms with van der Waals surface area (Å²) in [7, 11) is 1.58. The second-order valence-corrected chi connectivity index (χ2v) is 8.41. The smallest absolute Gasteiger partial charge is 0.311 e. The molecule has 0 fully saturated rings. The molecule has 164 valence electrons. The number of aliphatic imine (C=N–C) groups is 1. The zero-order valence-electron chi connectivity index (χ0n) is 18.4. The maximum atomic E-state index is 11.2. The fraction of sp³-hybridized carbons (Fsp3) is 0.240. The molecule has 32 heavy (non-hydrogen) atoms. The Hall–Kier alpha value is -3.87. The maximum absolute atomic E-state index is 11.2. The van der Waals surface area contributed by atoms with E-state index in [1.165, 1.54) is 12.1 Å². The molecule has 0 spiro atoms. The third kappa shape index (κ3) is 3.89. The van der Waals surface area contributed by atoms with Gasteiger partial charge in [-0.2, -0.15) is 0 Å². The van der Waals surface area contributed by atoms with Crippen LogP contribution in [0.25, 0.3) is 0 Å². The van der Waals surface area contributed by atoms with Crippen molar-refractivity contribution in [3.8, 4) is 11.5 Å². The van der Waals surface area contributed by atoms with Crippen LogP contribution in [0.3, 0.4) is 0 Å². The first kappa shape index (κ1) is 21.4. The number of ether oxygens (including phenoxy) is 3. The molecule has 0 amide bonds. The second kappa shape index (κ2) is 8.00. The van der Waals surface area contributed by atoms with Crippen LogP contribution in [0.1, 0.15) is 37.5 Å². The Morgan fingerprint density at radius 2 is 1.66 bits per heavy atom. The van der Waals surface area contributed by atoms with Gasteiger partial charge in [-0.3, -0.25) is 10.1 Å². The van der Waals surface area contributed by atoms with Gasteiger partial charge >= 0.3 is 5.79 Å². The Morgan fingerprint density at radius 1 is 0.969 bits per heavy atom. The van der Waals surface area contributed by atoms with E-state index in [9.17, 15) is 10.1 Å². The van der Waals surface area contributed by atoms with Gasteiger partial charge in [-0.05, 0) is 57.2 Å². The summed E-state index contributed by atoms with van der Waals surface area (Å²) < 4.78 is 18.7. The lowest BCUT2D eigenvalue weighted by molar-refractivity contribution is -0.384. The lowest BCUT2D eigenvalue weighted by atomic mass is 9.94. The molecule has 1 aliphatic heterocycles. The van der Waals surface area contributed by atoms with Crippen LogP contribution >= 0.6 is 0 Å². The predicted octanol–water partition coefficient (Wildman–Crippen LogP) is 5.46. The third-order valence-electron chi connectivity index (χ3n) is 4.95. The molecule has 3 aromatic carbocycles. The summed E-state index contributed by atoms with van der Waals surface area (Å²) in [4.78, 5) is 15.6. The van der Waals surface area contributed by atoms with E-state index in [0.717, 1.165) is 5.56 Å². The number of nitrogens with zero attached hydrogens (tertiary/aromatic N) is 2. The summed E-state index contributed by atoms with van der Waals surface area (Å²) in [6, 6.07) is 21.0. The molecule has 7 heteroatoms. The molecule has 0 bridgehead atoms. The highest BCUT2D eigenvalue weighted by Crippen LogP contribution is 2.48. The number of hydrogen-bond acceptors (Lipinski definition) is 6. The molecule has 1 aliphatic rings. The quantitative estimate of drug-likeness (QED) is 0.395. The van der Waals surface area contributed by atoms with E-state index in [2.05, 4.69) is 0 Å².